The van der Waals surface area contributed by atoms with Crippen molar-refractivity contribution < 1.29 is 8.83 Å². The molecule has 0 saturated carbocycles. The second kappa shape index (κ2) is 12.1. The molecule has 11 aromatic rings. The van der Waals surface area contributed by atoms with Gasteiger partial charge in [-0.3, -0.25) is 0 Å². The summed E-state index contributed by atoms with van der Waals surface area (Å²) in [6.45, 7) is 0. The lowest BCUT2D eigenvalue weighted by atomic mass is 9.95. The predicted octanol–water partition coefficient (Wildman–Crippen LogP) is 12.6. The molecule has 0 atom stereocenters. The van der Waals surface area contributed by atoms with Gasteiger partial charge in [-0.1, -0.05) is 127 Å². The van der Waals surface area contributed by atoms with E-state index in [2.05, 4.69) is 84.9 Å². The maximum absolute atomic E-state index is 6.60. The van der Waals surface area contributed by atoms with Gasteiger partial charge in [0, 0.05) is 44.7 Å². The molecule has 3 aromatic heterocycles. The van der Waals surface area contributed by atoms with Gasteiger partial charge in [0.25, 0.3) is 0 Å². The Morgan fingerprint density at radius 1 is 0.352 bits per heavy atom. The van der Waals surface area contributed by atoms with Crippen molar-refractivity contribution in [2.24, 2.45) is 0 Å². The number of hydrogen-bond donors (Lipinski definition) is 0. The molecular weight excluding hydrogens is 665 g/mol. The lowest BCUT2D eigenvalue weighted by Gasteiger charge is -2.10. The molecule has 0 spiro atoms. The quantitative estimate of drug-likeness (QED) is 0.179. The molecule has 11 rings (SSSR count). The monoisotopic (exact) mass is 692 g/mol. The molecule has 0 aliphatic heterocycles. The standard InChI is InChI=1S/C48H28N4O2/c1-3-12-30(13-4-1)45-50-46(36-23-19-29-11-7-8-16-32(29)26-36)52-47(51-45)37-24-21-33-25-35(22-20-34(33)27-37)42-43-38-17-9-10-18-40(38)53-41(43)28-39-44(42)54-48(49-39)31-14-5-2-6-15-31/h1-28H. The Hall–Kier alpha value is -7.44. The number of furan rings is 1. The van der Waals surface area contributed by atoms with Gasteiger partial charge in [-0.25, -0.2) is 19.9 Å². The number of rotatable bonds is 5. The van der Waals surface area contributed by atoms with E-state index >= 15 is 0 Å². The van der Waals surface area contributed by atoms with Gasteiger partial charge in [-0.05, 0) is 63.5 Å². The van der Waals surface area contributed by atoms with Crippen molar-refractivity contribution in [1.29, 1.82) is 0 Å². The summed E-state index contributed by atoms with van der Waals surface area (Å²) < 4.78 is 13.0. The molecule has 0 fully saturated rings. The molecule has 0 aliphatic carbocycles. The van der Waals surface area contributed by atoms with Gasteiger partial charge < -0.3 is 8.83 Å². The van der Waals surface area contributed by atoms with Crippen LogP contribution in [-0.2, 0) is 0 Å². The van der Waals surface area contributed by atoms with E-state index in [0.29, 0.717) is 23.4 Å². The molecule has 0 amide bonds. The van der Waals surface area contributed by atoms with Crippen molar-refractivity contribution in [2.75, 3.05) is 0 Å². The molecular formula is C48H28N4O2. The molecule has 6 heteroatoms. The number of fused-ring (bicyclic) bond motifs is 6. The summed E-state index contributed by atoms with van der Waals surface area (Å²) in [7, 11) is 0. The summed E-state index contributed by atoms with van der Waals surface area (Å²) in [6, 6.07) is 57.7. The first-order valence-corrected chi connectivity index (χ1v) is 17.9. The Kier molecular flexibility index (Phi) is 6.75. The third-order valence-corrected chi connectivity index (χ3v) is 10.1. The van der Waals surface area contributed by atoms with E-state index < -0.39 is 0 Å². The van der Waals surface area contributed by atoms with Crippen LogP contribution < -0.4 is 0 Å². The summed E-state index contributed by atoms with van der Waals surface area (Å²) in [6.07, 6.45) is 0. The minimum Gasteiger partial charge on any atom is -0.456 e. The zero-order valence-corrected chi connectivity index (χ0v) is 28.8. The van der Waals surface area contributed by atoms with E-state index in [9.17, 15) is 0 Å². The fourth-order valence-electron chi connectivity index (χ4n) is 7.47. The number of nitrogens with zero attached hydrogens (tertiary/aromatic N) is 4. The summed E-state index contributed by atoms with van der Waals surface area (Å²) in [5.74, 6) is 2.45. The average Bonchev–Trinajstić information content (AvgIpc) is 3.84. The third-order valence-electron chi connectivity index (χ3n) is 10.1. The lowest BCUT2D eigenvalue weighted by molar-refractivity contribution is 0.621. The van der Waals surface area contributed by atoms with Gasteiger partial charge in [0.1, 0.15) is 16.7 Å². The highest BCUT2D eigenvalue weighted by atomic mass is 16.4. The number of hydrogen-bond acceptors (Lipinski definition) is 6. The highest BCUT2D eigenvalue weighted by Crippen LogP contribution is 2.43. The van der Waals surface area contributed by atoms with Crippen molar-refractivity contribution in [2.45, 2.75) is 0 Å². The van der Waals surface area contributed by atoms with Crippen LogP contribution in [0.4, 0.5) is 0 Å². The largest absolute Gasteiger partial charge is 0.456 e. The molecule has 8 aromatic carbocycles. The van der Waals surface area contributed by atoms with Crippen LogP contribution in [-0.4, -0.2) is 19.9 Å². The summed E-state index contributed by atoms with van der Waals surface area (Å²) in [5.41, 5.74) is 8.74. The first-order valence-electron chi connectivity index (χ1n) is 17.9. The Morgan fingerprint density at radius 2 is 0.889 bits per heavy atom. The molecule has 3 heterocycles. The van der Waals surface area contributed by atoms with Crippen LogP contribution in [0.25, 0.3) is 111 Å². The Morgan fingerprint density at radius 3 is 1.61 bits per heavy atom. The van der Waals surface area contributed by atoms with Crippen molar-refractivity contribution in [1.82, 2.24) is 19.9 Å². The normalized spacial score (nSPS) is 11.7. The molecule has 54 heavy (non-hydrogen) atoms. The van der Waals surface area contributed by atoms with Crippen LogP contribution in [0.15, 0.2) is 179 Å². The predicted molar refractivity (Wildman–Crippen MR) is 217 cm³/mol. The minimum atomic E-state index is 0.574. The number of para-hydroxylation sites is 1. The van der Waals surface area contributed by atoms with Crippen LogP contribution in [0.3, 0.4) is 0 Å². The molecule has 0 radical (unpaired) electrons. The maximum atomic E-state index is 6.60. The molecule has 0 N–H and O–H groups in total. The van der Waals surface area contributed by atoms with E-state index in [1.54, 1.807) is 0 Å². The van der Waals surface area contributed by atoms with Crippen molar-refractivity contribution >= 4 is 54.6 Å². The third kappa shape index (κ3) is 5.04. The minimum absolute atomic E-state index is 0.574. The van der Waals surface area contributed by atoms with Crippen LogP contribution >= 0.6 is 0 Å². The molecule has 0 aliphatic rings. The van der Waals surface area contributed by atoms with Gasteiger partial charge in [0.05, 0.1) is 0 Å². The summed E-state index contributed by atoms with van der Waals surface area (Å²) >= 11 is 0. The zero-order valence-electron chi connectivity index (χ0n) is 28.8. The summed E-state index contributed by atoms with van der Waals surface area (Å²) in [5, 5.41) is 6.48. The SMILES string of the molecule is c1ccc(-c2nc(-c3ccc4ccccc4c3)nc(-c3ccc4cc(-c5c6oc(-c7ccccc7)nc6cc6oc7ccccc7c56)ccc4c3)n2)cc1. The van der Waals surface area contributed by atoms with Crippen molar-refractivity contribution in [3.63, 3.8) is 0 Å². The number of oxazole rings is 1. The number of benzene rings is 8. The van der Waals surface area contributed by atoms with E-state index in [1.807, 2.05) is 84.9 Å². The smallest absolute Gasteiger partial charge is 0.227 e. The first-order chi connectivity index (χ1) is 26.7. The molecule has 0 bridgehead atoms. The van der Waals surface area contributed by atoms with Gasteiger partial charge in [0.15, 0.2) is 23.1 Å². The van der Waals surface area contributed by atoms with Crippen molar-refractivity contribution in [3.05, 3.63) is 170 Å². The zero-order chi connectivity index (χ0) is 35.6. The lowest BCUT2D eigenvalue weighted by Crippen LogP contribution is -2.00. The maximum Gasteiger partial charge on any atom is 0.227 e. The molecule has 6 nitrogen and oxygen atoms in total. The molecule has 0 saturated heterocycles. The van der Waals surface area contributed by atoms with E-state index in [0.717, 1.165) is 82.6 Å². The summed E-state index contributed by atoms with van der Waals surface area (Å²) in [4.78, 5) is 19.9. The van der Waals surface area contributed by atoms with Gasteiger partial charge in [-0.2, -0.15) is 0 Å². The Labute approximate surface area is 309 Å². The van der Waals surface area contributed by atoms with E-state index in [1.165, 1.54) is 5.39 Å². The highest BCUT2D eigenvalue weighted by molar-refractivity contribution is 6.19. The van der Waals surface area contributed by atoms with Gasteiger partial charge in [-0.15, -0.1) is 0 Å². The fraction of sp³-hybridized carbons (Fsp3) is 0. The average molecular weight is 693 g/mol. The topological polar surface area (TPSA) is 77.8 Å². The number of aromatic nitrogens is 4. The van der Waals surface area contributed by atoms with Crippen LogP contribution in [0.1, 0.15) is 0 Å². The van der Waals surface area contributed by atoms with E-state index in [-0.39, 0.29) is 0 Å². The molecule has 0 unspecified atom stereocenters. The van der Waals surface area contributed by atoms with Crippen LogP contribution in [0.2, 0.25) is 0 Å². The van der Waals surface area contributed by atoms with Crippen molar-refractivity contribution in [3.8, 4) is 56.7 Å². The second-order valence-electron chi connectivity index (χ2n) is 13.5. The first kappa shape index (κ1) is 30.2. The van der Waals surface area contributed by atoms with Gasteiger partial charge in [0.2, 0.25) is 5.89 Å². The highest BCUT2D eigenvalue weighted by Gasteiger charge is 2.22. The van der Waals surface area contributed by atoms with Gasteiger partial charge >= 0.3 is 0 Å². The van der Waals surface area contributed by atoms with E-state index in [4.69, 9.17) is 28.8 Å². The fourth-order valence-corrected chi connectivity index (χ4v) is 7.47. The van der Waals surface area contributed by atoms with Crippen LogP contribution in [0.5, 0.6) is 0 Å². The second-order valence-corrected chi connectivity index (χ2v) is 13.5. The Balaban J connectivity index is 1.07. The van der Waals surface area contributed by atoms with Crippen LogP contribution in [0, 0.1) is 0 Å². The Bertz CT molecular complexity index is 3220. The molecule has 252 valence electrons.